The number of terminal acetylenes is 1. The molecule has 1 aliphatic heterocycles. The van der Waals surface area contributed by atoms with Crippen LogP contribution in [0.15, 0.2) is 54.9 Å². The Morgan fingerprint density at radius 3 is 2.58 bits per heavy atom. The minimum atomic E-state index is -3.31. The maximum Gasteiger partial charge on any atom is 0.267 e. The number of benzene rings is 1. The molecule has 0 radical (unpaired) electrons. The molecule has 0 unspecified atom stereocenters. The maximum atomic E-state index is 14.3. The van der Waals surface area contributed by atoms with Gasteiger partial charge in [-0.15, -0.1) is 12.3 Å². The van der Waals surface area contributed by atoms with Crippen LogP contribution in [0.3, 0.4) is 0 Å². The van der Waals surface area contributed by atoms with Crippen LogP contribution < -0.4 is 10.6 Å². The van der Waals surface area contributed by atoms with Gasteiger partial charge in [-0.2, -0.15) is 0 Å². The van der Waals surface area contributed by atoms with Crippen molar-refractivity contribution in [2.45, 2.75) is 56.3 Å². The van der Waals surface area contributed by atoms with Crippen molar-refractivity contribution in [2.75, 3.05) is 6.54 Å². The SMILES string of the molecule is C#CCCC(=O)N[C@@H](Cc1ccccc1)[C@H](O)C(=O)N1CC(F)(F)C[C@H]1C(=O)NCc1cccnc1. The Bertz CT molecular complexity index is 1090. The molecule has 190 valence electrons. The Morgan fingerprint density at radius 2 is 1.92 bits per heavy atom. The van der Waals surface area contributed by atoms with E-state index in [1.807, 2.05) is 0 Å². The largest absolute Gasteiger partial charge is 0.381 e. The number of nitrogens with zero attached hydrogens (tertiary/aromatic N) is 2. The van der Waals surface area contributed by atoms with Crippen LogP contribution in [-0.4, -0.2) is 63.4 Å². The van der Waals surface area contributed by atoms with Gasteiger partial charge < -0.3 is 20.6 Å². The summed E-state index contributed by atoms with van der Waals surface area (Å²) in [5.41, 5.74) is 1.37. The second-order valence-electron chi connectivity index (χ2n) is 8.63. The lowest BCUT2D eigenvalue weighted by Crippen LogP contribution is -2.55. The molecule has 2 heterocycles. The number of aromatic nitrogens is 1. The van der Waals surface area contributed by atoms with Crippen LogP contribution in [-0.2, 0) is 27.3 Å². The zero-order chi connectivity index (χ0) is 26.1. The Balaban J connectivity index is 1.75. The lowest BCUT2D eigenvalue weighted by Gasteiger charge is -2.30. The number of aliphatic hydroxyl groups is 1. The van der Waals surface area contributed by atoms with Gasteiger partial charge in [-0.3, -0.25) is 19.4 Å². The number of nitrogens with one attached hydrogen (secondary N) is 2. The fourth-order valence-corrected chi connectivity index (χ4v) is 4.01. The normalized spacial score (nSPS) is 18.1. The van der Waals surface area contributed by atoms with Crippen molar-refractivity contribution in [3.05, 3.63) is 66.0 Å². The molecule has 1 aromatic carbocycles. The van der Waals surface area contributed by atoms with Gasteiger partial charge in [-0.25, -0.2) is 8.78 Å². The summed E-state index contributed by atoms with van der Waals surface area (Å²) < 4.78 is 28.7. The molecule has 1 aliphatic rings. The van der Waals surface area contributed by atoms with E-state index in [0.29, 0.717) is 16.0 Å². The molecule has 3 rings (SSSR count). The van der Waals surface area contributed by atoms with Crippen molar-refractivity contribution in [3.63, 3.8) is 0 Å². The Kier molecular flexibility index (Phi) is 9.08. The number of pyridine rings is 1. The first-order valence-electron chi connectivity index (χ1n) is 11.5. The standard InChI is InChI=1S/C26H28F2N4O4/c1-2-3-11-22(33)31-20(13-18-8-5-4-6-9-18)23(34)25(36)32-17-26(27,28)14-21(32)24(35)30-16-19-10-7-12-29-15-19/h1,4-10,12,15,20-21,23,34H,3,11,13-14,16-17H2,(H,30,35)(H,31,33)/t20-,21-,23-/m0/s1. The first-order chi connectivity index (χ1) is 17.2. The summed E-state index contributed by atoms with van der Waals surface area (Å²) in [5, 5.41) is 16.1. The molecule has 1 fully saturated rings. The van der Waals surface area contributed by atoms with Gasteiger partial charge >= 0.3 is 0 Å². The predicted molar refractivity (Wildman–Crippen MR) is 127 cm³/mol. The number of aliphatic hydroxyl groups excluding tert-OH is 1. The quantitative estimate of drug-likeness (QED) is 0.430. The first kappa shape index (κ1) is 26.8. The third kappa shape index (κ3) is 7.33. The van der Waals surface area contributed by atoms with Crippen LogP contribution in [0.2, 0.25) is 0 Å². The Morgan fingerprint density at radius 1 is 1.19 bits per heavy atom. The molecule has 10 heteroatoms. The zero-order valence-electron chi connectivity index (χ0n) is 19.6. The number of hydrogen-bond acceptors (Lipinski definition) is 5. The number of amides is 3. The van der Waals surface area contributed by atoms with Gasteiger partial charge in [0.1, 0.15) is 6.04 Å². The number of hydrogen-bond donors (Lipinski definition) is 3. The molecule has 0 saturated carbocycles. The highest BCUT2D eigenvalue weighted by Crippen LogP contribution is 2.33. The van der Waals surface area contributed by atoms with Crippen LogP contribution in [0.1, 0.15) is 30.4 Å². The van der Waals surface area contributed by atoms with Crippen LogP contribution >= 0.6 is 0 Å². The van der Waals surface area contributed by atoms with E-state index in [1.54, 1.807) is 48.7 Å². The Hall–Kier alpha value is -3.84. The van der Waals surface area contributed by atoms with E-state index < -0.39 is 54.8 Å². The average Bonchev–Trinajstić information content (AvgIpc) is 3.21. The third-order valence-electron chi connectivity index (χ3n) is 5.82. The van der Waals surface area contributed by atoms with Gasteiger partial charge in [0.25, 0.3) is 11.8 Å². The topological polar surface area (TPSA) is 112 Å². The monoisotopic (exact) mass is 498 g/mol. The highest BCUT2D eigenvalue weighted by molar-refractivity contribution is 5.91. The summed E-state index contributed by atoms with van der Waals surface area (Å²) in [6.45, 7) is -0.974. The molecule has 3 amide bonds. The second-order valence-corrected chi connectivity index (χ2v) is 8.63. The predicted octanol–water partition coefficient (Wildman–Crippen LogP) is 1.44. The zero-order valence-corrected chi connectivity index (χ0v) is 19.6. The fourth-order valence-electron chi connectivity index (χ4n) is 4.01. The first-order valence-corrected chi connectivity index (χ1v) is 11.5. The van der Waals surface area contributed by atoms with Crippen molar-refractivity contribution in [1.29, 1.82) is 0 Å². The summed E-state index contributed by atoms with van der Waals surface area (Å²) in [4.78, 5) is 42.9. The number of halogens is 2. The summed E-state index contributed by atoms with van der Waals surface area (Å²) >= 11 is 0. The summed E-state index contributed by atoms with van der Waals surface area (Å²) in [6, 6.07) is 9.57. The van der Waals surface area contributed by atoms with Crippen LogP contribution in [0.25, 0.3) is 0 Å². The number of carbonyl (C=O) groups excluding carboxylic acids is 3. The van der Waals surface area contributed by atoms with Gasteiger partial charge in [0, 0.05) is 38.2 Å². The van der Waals surface area contributed by atoms with Crippen LogP contribution in [0.5, 0.6) is 0 Å². The lowest BCUT2D eigenvalue weighted by atomic mass is 9.99. The summed E-state index contributed by atoms with van der Waals surface area (Å²) in [5.74, 6) is -3.29. The van der Waals surface area contributed by atoms with Crippen molar-refractivity contribution in [3.8, 4) is 12.3 Å². The van der Waals surface area contributed by atoms with E-state index in [0.717, 1.165) is 0 Å². The lowest BCUT2D eigenvalue weighted by molar-refractivity contribution is -0.147. The maximum absolute atomic E-state index is 14.3. The van der Waals surface area contributed by atoms with Crippen LogP contribution in [0.4, 0.5) is 8.78 Å². The highest BCUT2D eigenvalue weighted by Gasteiger charge is 2.51. The molecular formula is C26H28F2N4O4. The molecule has 3 atom stereocenters. The van der Waals surface area contributed by atoms with Gasteiger partial charge in [-0.05, 0) is 23.6 Å². The third-order valence-corrected chi connectivity index (χ3v) is 5.82. The van der Waals surface area contributed by atoms with Crippen LogP contribution in [0, 0.1) is 12.3 Å². The van der Waals surface area contributed by atoms with Crippen molar-refractivity contribution < 1.29 is 28.3 Å². The van der Waals surface area contributed by atoms with E-state index in [2.05, 4.69) is 21.5 Å². The molecular weight excluding hydrogens is 470 g/mol. The van der Waals surface area contributed by atoms with E-state index >= 15 is 0 Å². The van der Waals surface area contributed by atoms with Gasteiger partial charge in [0.2, 0.25) is 11.8 Å². The Labute approximate surface area is 208 Å². The van der Waals surface area contributed by atoms with E-state index in [1.165, 1.54) is 6.20 Å². The molecule has 8 nitrogen and oxygen atoms in total. The number of likely N-dealkylation sites (tertiary alicyclic amines) is 1. The molecule has 0 aliphatic carbocycles. The molecule has 0 spiro atoms. The summed E-state index contributed by atoms with van der Waals surface area (Å²) in [6.07, 6.45) is 5.75. The second kappa shape index (κ2) is 12.2. The van der Waals surface area contributed by atoms with E-state index in [4.69, 9.17) is 6.42 Å². The van der Waals surface area contributed by atoms with E-state index in [-0.39, 0.29) is 25.8 Å². The average molecular weight is 499 g/mol. The minimum absolute atomic E-state index is 0.0239. The molecule has 1 aromatic heterocycles. The number of rotatable bonds is 10. The van der Waals surface area contributed by atoms with Gasteiger partial charge in [-0.1, -0.05) is 36.4 Å². The molecule has 1 saturated heterocycles. The van der Waals surface area contributed by atoms with Crippen molar-refractivity contribution >= 4 is 17.7 Å². The minimum Gasteiger partial charge on any atom is -0.381 e. The highest BCUT2D eigenvalue weighted by atomic mass is 19.3. The fraction of sp³-hybridized carbons (Fsp3) is 0.385. The van der Waals surface area contributed by atoms with Gasteiger partial charge in [0.05, 0.1) is 12.6 Å². The number of alkyl halides is 2. The van der Waals surface area contributed by atoms with Gasteiger partial charge in [0.15, 0.2) is 6.10 Å². The smallest absolute Gasteiger partial charge is 0.267 e. The molecule has 36 heavy (non-hydrogen) atoms. The van der Waals surface area contributed by atoms with Crippen molar-refractivity contribution in [1.82, 2.24) is 20.5 Å². The summed E-state index contributed by atoms with van der Waals surface area (Å²) in [7, 11) is 0. The van der Waals surface area contributed by atoms with Crippen molar-refractivity contribution in [2.24, 2.45) is 0 Å². The van der Waals surface area contributed by atoms with E-state index in [9.17, 15) is 28.3 Å². The molecule has 3 N–H and O–H groups in total. The number of carbonyl (C=O) groups is 3. The molecule has 0 bridgehead atoms. The molecule has 2 aromatic rings.